The van der Waals surface area contributed by atoms with Gasteiger partial charge >= 0.3 is 15.2 Å². The Kier molecular flexibility index (Phi) is 6.88. The van der Waals surface area contributed by atoms with Crippen molar-refractivity contribution in [3.8, 4) is 0 Å². The number of H-pyrrole nitrogens is 1. The lowest BCUT2D eigenvalue weighted by molar-refractivity contribution is -0.123. The monoisotopic (exact) mass is 495 g/mol. The second-order valence-electron chi connectivity index (χ2n) is 7.28. The maximum Gasteiger partial charge on any atom is 0.340 e. The lowest BCUT2D eigenvalue weighted by atomic mass is 10.1. The summed E-state index contributed by atoms with van der Waals surface area (Å²) in [6.07, 6.45) is -0.437. The van der Waals surface area contributed by atoms with E-state index < -0.39 is 63.6 Å². The molecule has 0 saturated carbocycles. The van der Waals surface area contributed by atoms with E-state index in [1.807, 2.05) is 0 Å². The molecular formula is C14H23N7O9P2. The molecule has 9 N–H and O–H groups in total. The van der Waals surface area contributed by atoms with Crippen molar-refractivity contribution in [3.63, 3.8) is 0 Å². The summed E-state index contributed by atoms with van der Waals surface area (Å²) in [6.45, 7) is 0.884. The van der Waals surface area contributed by atoms with Crippen LogP contribution in [-0.2, 0) is 23.2 Å². The van der Waals surface area contributed by atoms with E-state index in [9.17, 15) is 23.6 Å². The first-order valence-corrected chi connectivity index (χ1v) is 12.8. The molecule has 1 saturated heterocycles. The fourth-order valence-electron chi connectivity index (χ4n) is 3.14. The van der Waals surface area contributed by atoms with E-state index in [0.717, 1.165) is 0 Å². The van der Waals surface area contributed by atoms with E-state index in [-0.39, 0.29) is 23.5 Å². The minimum atomic E-state index is -4.82. The van der Waals surface area contributed by atoms with Crippen molar-refractivity contribution in [1.82, 2.24) is 24.8 Å². The fourth-order valence-corrected chi connectivity index (χ4v) is 5.71. The third kappa shape index (κ3) is 5.79. The number of nitrogen functional groups attached to an aromatic ring is 1. The highest BCUT2D eigenvalue weighted by atomic mass is 31.2. The number of carbonyl (C=O) groups is 1. The van der Waals surface area contributed by atoms with Gasteiger partial charge in [-0.1, -0.05) is 0 Å². The first-order chi connectivity index (χ1) is 14.8. The molecule has 4 unspecified atom stereocenters. The molecule has 18 heteroatoms. The lowest BCUT2D eigenvalue weighted by Gasteiger charge is -2.22. The second-order valence-corrected chi connectivity index (χ2v) is 11.3. The van der Waals surface area contributed by atoms with Crippen LogP contribution < -0.4 is 22.3 Å². The Balaban J connectivity index is 1.84. The molecule has 0 aromatic carbocycles. The van der Waals surface area contributed by atoms with Gasteiger partial charge in [-0.05, 0) is 6.92 Å². The average Bonchev–Trinajstić information content (AvgIpc) is 3.21. The standard InChI is InChI=1S/C14H23N7O9P2/c1-6(15)12(22)18-7-2-9(21-4-17-10-11(21)19-14(16)20-13(10)23)30-8(7)3-29-32(27,28)5-31(24,25)26/h4,6-9H,2-3,5,15H2,1H3,(H,18,22)(H,27,28)(H2,24,25,26)(H3,16,19,20,23)/t6?,7-,8?,9?/m0/s1. The maximum atomic E-state index is 12.1. The summed E-state index contributed by atoms with van der Waals surface area (Å²) in [5.74, 6) is -2.05. The molecule has 0 bridgehead atoms. The minimum absolute atomic E-state index is 0.000157. The lowest BCUT2D eigenvalue weighted by Crippen LogP contribution is -2.48. The van der Waals surface area contributed by atoms with Crippen LogP contribution in [0.5, 0.6) is 0 Å². The van der Waals surface area contributed by atoms with Crippen LogP contribution in [0, 0.1) is 0 Å². The highest BCUT2D eigenvalue weighted by Crippen LogP contribution is 2.55. The first kappa shape index (κ1) is 24.5. The van der Waals surface area contributed by atoms with E-state index >= 15 is 0 Å². The number of nitrogens with two attached hydrogens (primary N) is 2. The van der Waals surface area contributed by atoms with Crippen molar-refractivity contribution >= 4 is 38.2 Å². The molecule has 1 fully saturated rings. The van der Waals surface area contributed by atoms with Crippen LogP contribution in [0.4, 0.5) is 5.95 Å². The molecule has 1 aliphatic rings. The molecule has 2 aromatic heterocycles. The number of ether oxygens (including phenoxy) is 1. The molecule has 16 nitrogen and oxygen atoms in total. The zero-order chi connectivity index (χ0) is 23.8. The summed E-state index contributed by atoms with van der Waals surface area (Å²) in [5.41, 5.74) is 10.7. The molecule has 3 rings (SSSR count). The minimum Gasteiger partial charge on any atom is -0.369 e. The van der Waals surface area contributed by atoms with Gasteiger partial charge in [0.1, 0.15) is 12.3 Å². The van der Waals surface area contributed by atoms with Crippen LogP contribution in [0.3, 0.4) is 0 Å². The Bertz CT molecular complexity index is 1160. The number of nitrogens with one attached hydrogen (secondary N) is 2. The SMILES string of the molecule is CC(N)C(=O)N[C@H]1CC(n2cnc3c(=O)[nH]c(N)nc32)OC1COP(=O)(O)CP(=O)(O)O. The zero-order valence-electron chi connectivity index (χ0n) is 16.7. The average molecular weight is 495 g/mol. The normalized spacial score (nSPS) is 24.3. The molecule has 32 heavy (non-hydrogen) atoms. The number of hydrogen-bond donors (Lipinski definition) is 7. The molecule has 5 atom stereocenters. The summed E-state index contributed by atoms with van der Waals surface area (Å²) in [7, 11) is -9.47. The summed E-state index contributed by atoms with van der Waals surface area (Å²) in [4.78, 5) is 62.0. The molecular weight excluding hydrogens is 472 g/mol. The first-order valence-electron chi connectivity index (χ1n) is 9.20. The van der Waals surface area contributed by atoms with Gasteiger partial charge in [0.15, 0.2) is 17.1 Å². The molecule has 0 spiro atoms. The van der Waals surface area contributed by atoms with Crippen LogP contribution in [0.15, 0.2) is 11.1 Å². The fraction of sp³-hybridized carbons (Fsp3) is 0.571. The number of amides is 1. The Morgan fingerprint density at radius 1 is 1.47 bits per heavy atom. The summed E-state index contributed by atoms with van der Waals surface area (Å²) >= 11 is 0. The number of anilines is 1. The van der Waals surface area contributed by atoms with E-state index in [4.69, 9.17) is 30.5 Å². The van der Waals surface area contributed by atoms with Gasteiger partial charge in [-0.25, -0.2) is 4.98 Å². The molecule has 0 aliphatic carbocycles. The maximum absolute atomic E-state index is 12.1. The molecule has 1 aliphatic heterocycles. The second kappa shape index (κ2) is 9.00. The molecule has 3 heterocycles. The van der Waals surface area contributed by atoms with Crippen LogP contribution in [0.2, 0.25) is 0 Å². The highest BCUT2D eigenvalue weighted by molar-refractivity contribution is 7.70. The van der Waals surface area contributed by atoms with E-state index in [1.165, 1.54) is 17.8 Å². The number of aromatic amines is 1. The Morgan fingerprint density at radius 2 is 2.16 bits per heavy atom. The topological polar surface area (TPSA) is 258 Å². The number of rotatable bonds is 8. The van der Waals surface area contributed by atoms with Crippen molar-refractivity contribution in [1.29, 1.82) is 0 Å². The Morgan fingerprint density at radius 3 is 2.78 bits per heavy atom. The number of imidazole rings is 1. The summed E-state index contributed by atoms with van der Waals surface area (Å²) in [5, 5.41) is 2.64. The van der Waals surface area contributed by atoms with E-state index in [2.05, 4.69) is 20.3 Å². The molecule has 1 amide bonds. The Hall–Kier alpha value is -2.16. The van der Waals surface area contributed by atoms with Gasteiger partial charge in [-0.3, -0.25) is 28.3 Å². The van der Waals surface area contributed by atoms with Crippen LogP contribution >= 0.6 is 15.2 Å². The van der Waals surface area contributed by atoms with Gasteiger partial charge < -0.3 is 40.7 Å². The number of fused-ring (bicyclic) bond motifs is 1. The Labute approximate surface area is 180 Å². The van der Waals surface area contributed by atoms with Gasteiger partial charge in [0.2, 0.25) is 11.9 Å². The number of nitrogens with zero attached hydrogens (tertiary/aromatic N) is 3. The van der Waals surface area contributed by atoms with Crippen LogP contribution in [0.25, 0.3) is 11.2 Å². The smallest absolute Gasteiger partial charge is 0.340 e. The van der Waals surface area contributed by atoms with Crippen molar-refractivity contribution in [2.45, 2.75) is 37.8 Å². The number of hydrogen-bond acceptors (Lipinski definition) is 10. The quantitative estimate of drug-likeness (QED) is 0.199. The summed E-state index contributed by atoms with van der Waals surface area (Å²) in [6, 6.07) is -1.62. The molecule has 2 aromatic rings. The van der Waals surface area contributed by atoms with E-state index in [1.54, 1.807) is 0 Å². The van der Waals surface area contributed by atoms with E-state index in [0.29, 0.717) is 0 Å². The van der Waals surface area contributed by atoms with Crippen molar-refractivity contribution in [3.05, 3.63) is 16.7 Å². The third-order valence-corrected chi connectivity index (χ3v) is 8.00. The zero-order valence-corrected chi connectivity index (χ0v) is 18.5. The largest absolute Gasteiger partial charge is 0.369 e. The van der Waals surface area contributed by atoms with Crippen molar-refractivity contribution < 1.29 is 37.9 Å². The van der Waals surface area contributed by atoms with Crippen LogP contribution in [-0.4, -0.2) is 70.8 Å². The van der Waals surface area contributed by atoms with Crippen molar-refractivity contribution in [2.75, 3.05) is 18.2 Å². The molecule has 0 radical (unpaired) electrons. The van der Waals surface area contributed by atoms with Gasteiger partial charge in [-0.2, -0.15) is 4.98 Å². The predicted molar refractivity (Wildman–Crippen MR) is 109 cm³/mol. The van der Waals surface area contributed by atoms with Crippen LogP contribution in [0.1, 0.15) is 19.6 Å². The number of carbonyl (C=O) groups excluding carboxylic acids is 1. The number of aromatic nitrogens is 4. The summed E-state index contributed by atoms with van der Waals surface area (Å²) < 4.78 is 35.1. The van der Waals surface area contributed by atoms with Gasteiger partial charge in [0.05, 0.1) is 25.0 Å². The predicted octanol–water partition coefficient (Wildman–Crippen LogP) is -1.84. The molecule has 178 valence electrons. The van der Waals surface area contributed by atoms with Gasteiger partial charge in [0, 0.05) is 6.42 Å². The third-order valence-electron chi connectivity index (χ3n) is 4.54. The van der Waals surface area contributed by atoms with Gasteiger partial charge in [0.25, 0.3) is 5.56 Å². The van der Waals surface area contributed by atoms with Crippen molar-refractivity contribution in [2.24, 2.45) is 5.73 Å². The highest BCUT2D eigenvalue weighted by Gasteiger charge is 2.40. The van der Waals surface area contributed by atoms with Gasteiger partial charge in [-0.15, -0.1) is 0 Å².